The minimum absolute atomic E-state index is 0.851. The van der Waals surface area contributed by atoms with Gasteiger partial charge >= 0.3 is 0 Å². The van der Waals surface area contributed by atoms with E-state index in [-0.39, 0.29) is 0 Å². The third-order valence-corrected chi connectivity index (χ3v) is 12.4. The molecule has 10 aromatic carbocycles. The Morgan fingerprint density at radius 3 is 1.56 bits per heavy atom. The number of benzene rings is 10. The molecule has 0 saturated carbocycles. The largest absolute Gasteiger partial charge is 0.456 e. The van der Waals surface area contributed by atoms with Crippen molar-refractivity contribution in [3.8, 4) is 50.2 Å². The fraction of sp³-hybridized carbons (Fsp3) is 0. The van der Waals surface area contributed by atoms with Crippen molar-refractivity contribution in [3.05, 3.63) is 243 Å². The average molecular weight is 805 g/mol. The molecule has 63 heavy (non-hydrogen) atoms. The van der Waals surface area contributed by atoms with Gasteiger partial charge in [-0.3, -0.25) is 0 Å². The summed E-state index contributed by atoms with van der Waals surface area (Å²) in [4.78, 5) is 2.38. The lowest BCUT2D eigenvalue weighted by atomic mass is 9.87. The summed E-state index contributed by atoms with van der Waals surface area (Å²) in [5.74, 6) is 0. The van der Waals surface area contributed by atoms with Crippen LogP contribution >= 0.6 is 0 Å². The molecule has 3 nitrogen and oxygen atoms in total. The Labute approximate surface area is 366 Å². The van der Waals surface area contributed by atoms with Gasteiger partial charge in [-0.2, -0.15) is 0 Å². The summed E-state index contributed by atoms with van der Waals surface area (Å²) < 4.78 is 8.90. The quantitative estimate of drug-likeness (QED) is 0.153. The highest BCUT2D eigenvalue weighted by Crippen LogP contribution is 2.47. The first kappa shape index (κ1) is 36.5. The van der Waals surface area contributed by atoms with Gasteiger partial charge in [0.2, 0.25) is 0 Å². The van der Waals surface area contributed by atoms with E-state index in [0.717, 1.165) is 61.4 Å². The molecule has 0 bridgehead atoms. The van der Waals surface area contributed by atoms with Gasteiger partial charge in [0.25, 0.3) is 0 Å². The summed E-state index contributed by atoms with van der Waals surface area (Å²) in [5, 5.41) is 4.70. The van der Waals surface area contributed by atoms with Gasteiger partial charge in [0, 0.05) is 50.2 Å². The SMILES string of the molecule is c1ccc(-c2ccc(-c3ccccc3)c(-c3ccccc3-c3ccccc3N(c3ccc(-n4c5ccccc5c5ccccc54)cc3)c3ccc4c(c3)oc3ccccc34)c2)cc1. The zero-order valence-corrected chi connectivity index (χ0v) is 34.4. The van der Waals surface area contributed by atoms with Gasteiger partial charge in [-0.25, -0.2) is 0 Å². The molecular formula is C60H40N2O. The van der Waals surface area contributed by atoms with Crippen LogP contribution in [-0.4, -0.2) is 4.57 Å². The molecule has 0 N–H and O–H groups in total. The first-order valence-electron chi connectivity index (χ1n) is 21.5. The number of rotatable bonds is 8. The molecule has 3 heteroatoms. The highest BCUT2D eigenvalue weighted by Gasteiger charge is 2.22. The highest BCUT2D eigenvalue weighted by atomic mass is 16.3. The van der Waals surface area contributed by atoms with Gasteiger partial charge in [0.15, 0.2) is 0 Å². The van der Waals surface area contributed by atoms with Crippen molar-refractivity contribution in [1.82, 2.24) is 4.57 Å². The number of aromatic nitrogens is 1. The molecule has 0 atom stereocenters. The Kier molecular flexibility index (Phi) is 8.83. The fourth-order valence-electron chi connectivity index (χ4n) is 9.53. The Balaban J connectivity index is 1.06. The van der Waals surface area contributed by atoms with Crippen LogP contribution in [0.4, 0.5) is 17.1 Å². The van der Waals surface area contributed by atoms with Crippen LogP contribution in [0.5, 0.6) is 0 Å². The third-order valence-electron chi connectivity index (χ3n) is 12.4. The maximum atomic E-state index is 6.53. The van der Waals surface area contributed by atoms with Crippen LogP contribution in [0.1, 0.15) is 0 Å². The number of para-hydroxylation sites is 4. The molecule has 0 amide bonds. The molecule has 0 aliphatic rings. The first-order valence-corrected chi connectivity index (χ1v) is 21.5. The van der Waals surface area contributed by atoms with Crippen molar-refractivity contribution in [3.63, 3.8) is 0 Å². The van der Waals surface area contributed by atoms with E-state index in [1.807, 2.05) is 12.1 Å². The van der Waals surface area contributed by atoms with E-state index in [4.69, 9.17) is 4.42 Å². The smallest absolute Gasteiger partial charge is 0.137 e. The Hall–Kier alpha value is -8.40. The zero-order chi connectivity index (χ0) is 41.7. The molecule has 0 radical (unpaired) electrons. The third kappa shape index (κ3) is 6.29. The molecule has 0 saturated heterocycles. The minimum Gasteiger partial charge on any atom is -0.456 e. The topological polar surface area (TPSA) is 21.3 Å². The van der Waals surface area contributed by atoms with Crippen molar-refractivity contribution in [1.29, 1.82) is 0 Å². The lowest BCUT2D eigenvalue weighted by Crippen LogP contribution is -2.11. The summed E-state index contributed by atoms with van der Waals surface area (Å²) in [6, 6.07) is 87.2. The zero-order valence-electron chi connectivity index (χ0n) is 34.4. The van der Waals surface area contributed by atoms with Crippen LogP contribution < -0.4 is 4.90 Å². The highest BCUT2D eigenvalue weighted by molar-refractivity contribution is 6.10. The molecule has 0 spiro atoms. The van der Waals surface area contributed by atoms with Crippen molar-refractivity contribution in [2.45, 2.75) is 0 Å². The van der Waals surface area contributed by atoms with Crippen LogP contribution in [0.2, 0.25) is 0 Å². The van der Waals surface area contributed by atoms with Gasteiger partial charge in [-0.15, -0.1) is 0 Å². The van der Waals surface area contributed by atoms with Crippen LogP contribution in [0.3, 0.4) is 0 Å². The van der Waals surface area contributed by atoms with Crippen LogP contribution in [-0.2, 0) is 0 Å². The second-order valence-corrected chi connectivity index (χ2v) is 16.1. The van der Waals surface area contributed by atoms with Gasteiger partial charge in [-0.05, 0) is 106 Å². The minimum atomic E-state index is 0.851. The lowest BCUT2D eigenvalue weighted by Gasteiger charge is -2.29. The molecule has 0 unspecified atom stereocenters. The Morgan fingerprint density at radius 2 is 0.841 bits per heavy atom. The number of furan rings is 1. The van der Waals surface area contributed by atoms with E-state index in [2.05, 4.69) is 240 Å². The van der Waals surface area contributed by atoms with E-state index in [1.54, 1.807) is 0 Å². The van der Waals surface area contributed by atoms with Crippen LogP contribution in [0, 0.1) is 0 Å². The van der Waals surface area contributed by atoms with E-state index in [9.17, 15) is 0 Å². The van der Waals surface area contributed by atoms with E-state index in [0.29, 0.717) is 0 Å². The number of nitrogens with zero attached hydrogens (tertiary/aromatic N) is 2. The molecule has 12 aromatic rings. The predicted octanol–water partition coefficient (Wildman–Crippen LogP) is 16.8. The summed E-state index contributed by atoms with van der Waals surface area (Å²) >= 11 is 0. The summed E-state index contributed by atoms with van der Waals surface area (Å²) in [7, 11) is 0. The fourth-order valence-corrected chi connectivity index (χ4v) is 9.53. The summed E-state index contributed by atoms with van der Waals surface area (Å²) in [6.07, 6.45) is 0. The van der Waals surface area contributed by atoms with E-state index < -0.39 is 0 Å². The number of hydrogen-bond acceptors (Lipinski definition) is 2. The van der Waals surface area contributed by atoms with Gasteiger partial charge in [0.1, 0.15) is 11.2 Å². The molecule has 296 valence electrons. The second kappa shape index (κ2) is 15.3. The van der Waals surface area contributed by atoms with Crippen molar-refractivity contribution in [2.75, 3.05) is 4.90 Å². The number of fused-ring (bicyclic) bond motifs is 6. The normalized spacial score (nSPS) is 11.5. The van der Waals surface area contributed by atoms with Crippen molar-refractivity contribution in [2.24, 2.45) is 0 Å². The van der Waals surface area contributed by atoms with Gasteiger partial charge in [0.05, 0.1) is 16.7 Å². The summed E-state index contributed by atoms with van der Waals surface area (Å²) in [5.41, 5.74) is 17.7. The van der Waals surface area contributed by atoms with E-state index >= 15 is 0 Å². The molecule has 0 aliphatic carbocycles. The molecule has 0 aliphatic heterocycles. The Bertz CT molecular complexity index is 3570. The monoisotopic (exact) mass is 804 g/mol. The maximum Gasteiger partial charge on any atom is 0.137 e. The lowest BCUT2D eigenvalue weighted by molar-refractivity contribution is 0.669. The van der Waals surface area contributed by atoms with Crippen LogP contribution in [0.25, 0.3) is 93.9 Å². The van der Waals surface area contributed by atoms with E-state index in [1.165, 1.54) is 49.6 Å². The number of hydrogen-bond donors (Lipinski definition) is 0. The summed E-state index contributed by atoms with van der Waals surface area (Å²) in [6.45, 7) is 0. The maximum absolute atomic E-state index is 6.53. The molecule has 2 aromatic heterocycles. The average Bonchev–Trinajstić information content (AvgIpc) is 3.90. The second-order valence-electron chi connectivity index (χ2n) is 16.1. The standard InChI is InChI=1S/C60H40N2O/c1-3-17-41(18-4-1)43-31-37-47(42-19-5-2-6-20-42)55(39-43)49-22-8-7-21-48(49)50-23-9-13-27-56(50)61(46-36-38-54-53-26-12-16-30-59(53)63-60(54)40-46)44-32-34-45(35-33-44)62-57-28-14-10-24-51(57)52-25-11-15-29-58(52)62/h1-40H. The first-order chi connectivity index (χ1) is 31.3. The predicted molar refractivity (Wildman–Crippen MR) is 264 cm³/mol. The van der Waals surface area contributed by atoms with Crippen molar-refractivity contribution >= 4 is 60.8 Å². The molecule has 12 rings (SSSR count). The van der Waals surface area contributed by atoms with Gasteiger partial charge < -0.3 is 13.9 Å². The van der Waals surface area contributed by atoms with Gasteiger partial charge in [-0.1, -0.05) is 170 Å². The molecular weight excluding hydrogens is 765 g/mol. The van der Waals surface area contributed by atoms with Crippen LogP contribution in [0.15, 0.2) is 247 Å². The molecule has 0 fully saturated rings. The van der Waals surface area contributed by atoms with Crippen molar-refractivity contribution < 1.29 is 4.42 Å². The molecule has 2 heterocycles. The number of anilines is 3. The Morgan fingerprint density at radius 1 is 0.302 bits per heavy atom.